The molecule has 0 bridgehead atoms. The molecule has 0 spiro atoms. The molecule has 1 aromatic carbocycles. The standard InChI is InChI=1S/C12H10FN3O2/c13-8-4-2-1-3-7(8)9-5-6-15-11(16-9)10(14)12(17)18/h1-6,10H,14H2,(H,17,18). The average molecular weight is 247 g/mol. The molecule has 3 N–H and O–H groups in total. The van der Waals surface area contributed by atoms with Gasteiger partial charge in [-0.2, -0.15) is 0 Å². The number of aromatic nitrogens is 2. The van der Waals surface area contributed by atoms with Gasteiger partial charge in [0.05, 0.1) is 5.69 Å². The van der Waals surface area contributed by atoms with E-state index in [4.69, 9.17) is 10.8 Å². The third-order valence-electron chi connectivity index (χ3n) is 2.37. The first-order chi connectivity index (χ1) is 8.59. The molecule has 92 valence electrons. The van der Waals surface area contributed by atoms with Crippen LogP contribution >= 0.6 is 0 Å². The molecule has 0 saturated carbocycles. The third-order valence-corrected chi connectivity index (χ3v) is 2.37. The molecule has 0 amide bonds. The molecule has 0 radical (unpaired) electrons. The molecule has 0 aliphatic rings. The zero-order chi connectivity index (χ0) is 13.1. The summed E-state index contributed by atoms with van der Waals surface area (Å²) in [5, 5.41) is 8.77. The number of carboxylic acid groups (broad SMARTS) is 1. The van der Waals surface area contributed by atoms with Crippen molar-refractivity contribution in [3.8, 4) is 11.3 Å². The molecule has 0 aliphatic heterocycles. The van der Waals surface area contributed by atoms with Gasteiger partial charge in [-0.1, -0.05) is 12.1 Å². The van der Waals surface area contributed by atoms with Gasteiger partial charge in [-0.05, 0) is 18.2 Å². The van der Waals surface area contributed by atoms with E-state index in [2.05, 4.69) is 9.97 Å². The van der Waals surface area contributed by atoms with Crippen LogP contribution in [-0.4, -0.2) is 21.0 Å². The lowest BCUT2D eigenvalue weighted by molar-refractivity contribution is -0.138. The highest BCUT2D eigenvalue weighted by atomic mass is 19.1. The SMILES string of the molecule is NC(C(=O)O)c1nccc(-c2ccccc2F)n1. The van der Waals surface area contributed by atoms with Gasteiger partial charge in [0.2, 0.25) is 0 Å². The van der Waals surface area contributed by atoms with Crippen LogP contribution in [0.15, 0.2) is 36.5 Å². The summed E-state index contributed by atoms with van der Waals surface area (Å²) in [4.78, 5) is 18.5. The van der Waals surface area contributed by atoms with E-state index >= 15 is 0 Å². The molecule has 1 aromatic heterocycles. The van der Waals surface area contributed by atoms with Gasteiger partial charge >= 0.3 is 5.97 Å². The second kappa shape index (κ2) is 4.89. The van der Waals surface area contributed by atoms with Crippen LogP contribution in [0.2, 0.25) is 0 Å². The van der Waals surface area contributed by atoms with Gasteiger partial charge in [-0.25, -0.2) is 14.4 Å². The quantitative estimate of drug-likeness (QED) is 0.854. The van der Waals surface area contributed by atoms with Crippen LogP contribution < -0.4 is 5.73 Å². The minimum absolute atomic E-state index is 0.0525. The number of hydrogen-bond donors (Lipinski definition) is 2. The topological polar surface area (TPSA) is 89.1 Å². The Hall–Kier alpha value is -2.34. The highest BCUT2D eigenvalue weighted by Crippen LogP contribution is 2.20. The van der Waals surface area contributed by atoms with Crippen molar-refractivity contribution in [1.29, 1.82) is 0 Å². The first-order valence-electron chi connectivity index (χ1n) is 5.16. The van der Waals surface area contributed by atoms with Crippen LogP contribution in [0.5, 0.6) is 0 Å². The van der Waals surface area contributed by atoms with Crippen molar-refractivity contribution >= 4 is 5.97 Å². The summed E-state index contributed by atoms with van der Waals surface area (Å²) in [6.45, 7) is 0. The van der Waals surface area contributed by atoms with E-state index < -0.39 is 17.8 Å². The van der Waals surface area contributed by atoms with Crippen molar-refractivity contribution < 1.29 is 14.3 Å². The summed E-state index contributed by atoms with van der Waals surface area (Å²) in [7, 11) is 0. The summed E-state index contributed by atoms with van der Waals surface area (Å²) < 4.78 is 13.6. The summed E-state index contributed by atoms with van der Waals surface area (Å²) in [5.74, 6) is -1.73. The largest absolute Gasteiger partial charge is 0.480 e. The Morgan fingerprint density at radius 1 is 1.33 bits per heavy atom. The van der Waals surface area contributed by atoms with Crippen LogP contribution in [0, 0.1) is 5.82 Å². The molecular formula is C12H10FN3O2. The van der Waals surface area contributed by atoms with Gasteiger partial charge in [0.1, 0.15) is 5.82 Å². The fraction of sp³-hybridized carbons (Fsp3) is 0.0833. The molecule has 1 atom stereocenters. The van der Waals surface area contributed by atoms with Crippen LogP contribution in [-0.2, 0) is 4.79 Å². The smallest absolute Gasteiger partial charge is 0.328 e. The highest BCUT2D eigenvalue weighted by Gasteiger charge is 2.18. The summed E-state index contributed by atoms with van der Waals surface area (Å²) in [6, 6.07) is 6.25. The van der Waals surface area contributed by atoms with Crippen LogP contribution in [0.25, 0.3) is 11.3 Å². The van der Waals surface area contributed by atoms with E-state index in [1.165, 1.54) is 18.3 Å². The minimum Gasteiger partial charge on any atom is -0.480 e. The number of halogens is 1. The molecule has 0 saturated heterocycles. The maximum Gasteiger partial charge on any atom is 0.328 e. The number of aliphatic carboxylic acids is 1. The lowest BCUT2D eigenvalue weighted by Crippen LogP contribution is -2.23. The molecular weight excluding hydrogens is 237 g/mol. The normalized spacial score (nSPS) is 12.1. The van der Waals surface area contributed by atoms with Gasteiger partial charge in [0, 0.05) is 11.8 Å². The van der Waals surface area contributed by atoms with Crippen LogP contribution in [0.1, 0.15) is 11.9 Å². The Kier molecular flexibility index (Phi) is 3.29. The molecule has 2 rings (SSSR count). The first-order valence-corrected chi connectivity index (χ1v) is 5.16. The zero-order valence-corrected chi connectivity index (χ0v) is 9.25. The number of hydrogen-bond acceptors (Lipinski definition) is 4. The maximum atomic E-state index is 13.6. The molecule has 0 aliphatic carbocycles. The van der Waals surface area contributed by atoms with Crippen molar-refractivity contribution in [2.24, 2.45) is 5.73 Å². The van der Waals surface area contributed by atoms with Gasteiger partial charge in [-0.3, -0.25) is 4.79 Å². The van der Waals surface area contributed by atoms with Gasteiger partial charge in [-0.15, -0.1) is 0 Å². The maximum absolute atomic E-state index is 13.6. The Labute approximate surface area is 102 Å². The van der Waals surface area contributed by atoms with Gasteiger partial charge < -0.3 is 10.8 Å². The number of carboxylic acids is 1. The fourth-order valence-corrected chi connectivity index (χ4v) is 1.45. The van der Waals surface area contributed by atoms with Crippen molar-refractivity contribution in [2.75, 3.05) is 0 Å². The molecule has 18 heavy (non-hydrogen) atoms. The Balaban J connectivity index is 2.45. The summed E-state index contributed by atoms with van der Waals surface area (Å²) >= 11 is 0. The van der Waals surface area contributed by atoms with Gasteiger partial charge in [0.15, 0.2) is 11.9 Å². The second-order valence-electron chi connectivity index (χ2n) is 3.60. The van der Waals surface area contributed by atoms with E-state index in [1.807, 2.05) is 0 Å². The number of nitrogens with two attached hydrogens (primary N) is 1. The van der Waals surface area contributed by atoms with Gasteiger partial charge in [0.25, 0.3) is 0 Å². The third kappa shape index (κ3) is 2.33. The molecule has 2 aromatic rings. The molecule has 6 heteroatoms. The molecule has 5 nitrogen and oxygen atoms in total. The van der Waals surface area contributed by atoms with Crippen molar-refractivity contribution in [3.05, 3.63) is 48.2 Å². The Morgan fingerprint density at radius 3 is 2.72 bits per heavy atom. The number of rotatable bonds is 3. The lowest BCUT2D eigenvalue weighted by atomic mass is 10.1. The van der Waals surface area contributed by atoms with Crippen molar-refractivity contribution in [2.45, 2.75) is 6.04 Å². The molecule has 1 unspecified atom stereocenters. The Morgan fingerprint density at radius 2 is 2.06 bits per heavy atom. The van der Waals surface area contributed by atoms with Crippen LogP contribution in [0.3, 0.4) is 0 Å². The zero-order valence-electron chi connectivity index (χ0n) is 9.25. The molecule has 0 fully saturated rings. The number of benzene rings is 1. The minimum atomic E-state index is -1.32. The number of carbonyl (C=O) groups is 1. The molecule has 1 heterocycles. The summed E-state index contributed by atoms with van der Waals surface area (Å²) in [6.07, 6.45) is 1.35. The van der Waals surface area contributed by atoms with Crippen molar-refractivity contribution in [3.63, 3.8) is 0 Å². The predicted octanol–water partition coefficient (Wildman–Crippen LogP) is 1.37. The predicted molar refractivity (Wildman–Crippen MR) is 62.0 cm³/mol. The van der Waals surface area contributed by atoms with Crippen molar-refractivity contribution in [1.82, 2.24) is 9.97 Å². The Bertz CT molecular complexity index is 589. The van der Waals surface area contributed by atoms with Crippen LogP contribution in [0.4, 0.5) is 4.39 Å². The van der Waals surface area contributed by atoms with E-state index in [-0.39, 0.29) is 11.4 Å². The van der Waals surface area contributed by atoms with E-state index in [0.717, 1.165) is 0 Å². The number of nitrogens with zero attached hydrogens (tertiary/aromatic N) is 2. The summed E-state index contributed by atoms with van der Waals surface area (Å²) in [5.41, 5.74) is 5.98. The monoisotopic (exact) mass is 247 g/mol. The highest BCUT2D eigenvalue weighted by molar-refractivity contribution is 5.74. The van der Waals surface area contributed by atoms with E-state index in [0.29, 0.717) is 5.69 Å². The van der Waals surface area contributed by atoms with E-state index in [1.54, 1.807) is 18.2 Å². The first kappa shape index (κ1) is 12.1. The van der Waals surface area contributed by atoms with E-state index in [9.17, 15) is 9.18 Å². The fourth-order valence-electron chi connectivity index (χ4n) is 1.45. The average Bonchev–Trinajstić information content (AvgIpc) is 2.38. The second-order valence-corrected chi connectivity index (χ2v) is 3.60. The lowest BCUT2D eigenvalue weighted by Gasteiger charge is -2.07.